The minimum atomic E-state index is -0.371. The third-order valence-electron chi connectivity index (χ3n) is 4.16. The van der Waals surface area contributed by atoms with Crippen LogP contribution in [0.3, 0.4) is 0 Å². The second-order valence-corrected chi connectivity index (χ2v) is 6.54. The van der Waals surface area contributed by atoms with Gasteiger partial charge in [-0.1, -0.05) is 11.6 Å². The van der Waals surface area contributed by atoms with Crippen LogP contribution in [-0.2, 0) is 4.79 Å². The zero-order chi connectivity index (χ0) is 15.9. The van der Waals surface area contributed by atoms with E-state index in [1.54, 1.807) is 12.1 Å². The van der Waals surface area contributed by atoms with Crippen molar-refractivity contribution >= 4 is 34.3 Å². The van der Waals surface area contributed by atoms with E-state index in [0.29, 0.717) is 23.6 Å². The van der Waals surface area contributed by atoms with E-state index in [0.717, 1.165) is 23.0 Å². The van der Waals surface area contributed by atoms with Gasteiger partial charge in [0.2, 0.25) is 5.91 Å². The molecule has 1 unspecified atom stereocenters. The molecule has 1 aromatic heterocycles. The number of hydrogen-bond donors (Lipinski definition) is 3. The van der Waals surface area contributed by atoms with Crippen LogP contribution in [0.15, 0.2) is 18.2 Å². The molecule has 1 saturated heterocycles. The Balaban J connectivity index is 1.82. The summed E-state index contributed by atoms with van der Waals surface area (Å²) in [7, 11) is 0. The van der Waals surface area contributed by atoms with Gasteiger partial charge in [-0.25, -0.2) is 0 Å². The van der Waals surface area contributed by atoms with Gasteiger partial charge in [0.05, 0.1) is 11.1 Å². The summed E-state index contributed by atoms with van der Waals surface area (Å²) >= 11 is 6.03. The lowest BCUT2D eigenvalue weighted by atomic mass is 10.0. The number of fused-ring (bicyclic) bond motifs is 1. The second-order valence-electron chi connectivity index (χ2n) is 6.11. The third kappa shape index (κ3) is 2.68. The molecule has 0 radical (unpaired) electrons. The Hall–Kier alpha value is -2.01. The number of rotatable bonds is 3. The smallest absolute Gasteiger partial charge is 0.253 e. The Labute approximate surface area is 133 Å². The fraction of sp³-hybridized carbons (Fsp3) is 0.375. The van der Waals surface area contributed by atoms with Gasteiger partial charge in [0.25, 0.3) is 5.91 Å². The Morgan fingerprint density at radius 3 is 2.91 bits per heavy atom. The van der Waals surface area contributed by atoms with E-state index in [2.05, 4.69) is 15.6 Å². The van der Waals surface area contributed by atoms with E-state index in [1.165, 1.54) is 0 Å². The lowest BCUT2D eigenvalue weighted by Crippen LogP contribution is -2.48. The number of aromatic amines is 1. The summed E-state index contributed by atoms with van der Waals surface area (Å²) in [6, 6.07) is 5.44. The highest BCUT2D eigenvalue weighted by Gasteiger charge is 2.33. The molecule has 5 nitrogen and oxygen atoms in total. The van der Waals surface area contributed by atoms with Gasteiger partial charge in [0, 0.05) is 34.6 Å². The second kappa shape index (κ2) is 5.32. The molecule has 0 spiro atoms. The molecule has 0 saturated carbocycles. The van der Waals surface area contributed by atoms with Crippen LogP contribution in [0.1, 0.15) is 35.8 Å². The first-order valence-corrected chi connectivity index (χ1v) is 7.63. The van der Waals surface area contributed by atoms with Gasteiger partial charge in [0.1, 0.15) is 0 Å². The van der Waals surface area contributed by atoms with Gasteiger partial charge in [0.15, 0.2) is 0 Å². The fourth-order valence-electron chi connectivity index (χ4n) is 2.94. The van der Waals surface area contributed by atoms with E-state index in [-0.39, 0.29) is 17.4 Å². The number of hydrogen-bond acceptors (Lipinski definition) is 2. The maximum atomic E-state index is 12.5. The van der Waals surface area contributed by atoms with Crippen LogP contribution in [0.5, 0.6) is 0 Å². The first kappa shape index (κ1) is 14.9. The minimum absolute atomic E-state index is 0.0341. The largest absolute Gasteiger partial charge is 0.358 e. The summed E-state index contributed by atoms with van der Waals surface area (Å²) < 4.78 is 0. The number of H-pyrrole nitrogens is 1. The molecular weight excluding hydrogens is 302 g/mol. The molecule has 6 heteroatoms. The molecule has 0 aliphatic carbocycles. The molecular formula is C16H18ClN3O2. The zero-order valence-electron chi connectivity index (χ0n) is 12.5. The van der Waals surface area contributed by atoms with Crippen molar-refractivity contribution in [2.45, 2.75) is 32.2 Å². The van der Waals surface area contributed by atoms with Crippen LogP contribution < -0.4 is 10.6 Å². The Kier molecular flexibility index (Phi) is 3.60. The first-order chi connectivity index (χ1) is 10.4. The molecule has 116 valence electrons. The highest BCUT2D eigenvalue weighted by molar-refractivity contribution is 6.31. The molecule has 3 rings (SSSR count). The maximum Gasteiger partial charge on any atom is 0.253 e. The van der Waals surface area contributed by atoms with Crippen molar-refractivity contribution in [1.82, 2.24) is 15.6 Å². The highest BCUT2D eigenvalue weighted by atomic mass is 35.5. The van der Waals surface area contributed by atoms with Crippen LogP contribution in [0, 0.1) is 6.92 Å². The molecule has 1 aliphatic rings. The molecule has 3 N–H and O–H groups in total. The lowest BCUT2D eigenvalue weighted by molar-refractivity contribution is -0.119. The molecule has 1 fully saturated rings. The van der Waals surface area contributed by atoms with Crippen molar-refractivity contribution in [1.29, 1.82) is 0 Å². The summed E-state index contributed by atoms with van der Waals surface area (Å²) in [5.74, 6) is -0.125. The van der Waals surface area contributed by atoms with Crippen molar-refractivity contribution < 1.29 is 9.59 Å². The normalized spacial score (nSPS) is 21.1. The Morgan fingerprint density at radius 2 is 2.23 bits per heavy atom. The zero-order valence-corrected chi connectivity index (χ0v) is 13.3. The molecule has 1 aromatic carbocycles. The SMILES string of the molecule is Cc1[nH]c2ccc(Cl)cc2c1C(=O)NCC1(C)CCC(=O)N1. The maximum absolute atomic E-state index is 12.5. The number of amides is 2. The van der Waals surface area contributed by atoms with Crippen molar-refractivity contribution in [3.63, 3.8) is 0 Å². The average Bonchev–Trinajstić information content (AvgIpc) is 2.96. The standard InChI is InChI=1S/C16H18ClN3O2/c1-9-14(11-7-10(17)3-4-12(11)19-9)15(22)18-8-16(2)6-5-13(21)20-16/h3-4,7,19H,5-6,8H2,1-2H3,(H,18,22)(H,20,21). The van der Waals surface area contributed by atoms with Crippen LogP contribution in [0.25, 0.3) is 10.9 Å². The Morgan fingerprint density at radius 1 is 1.45 bits per heavy atom. The topological polar surface area (TPSA) is 74.0 Å². The monoisotopic (exact) mass is 319 g/mol. The number of carbonyl (C=O) groups excluding carboxylic acids is 2. The van der Waals surface area contributed by atoms with Crippen LogP contribution >= 0.6 is 11.6 Å². The van der Waals surface area contributed by atoms with Gasteiger partial charge in [-0.15, -0.1) is 0 Å². The van der Waals surface area contributed by atoms with E-state index in [9.17, 15) is 9.59 Å². The van der Waals surface area contributed by atoms with Gasteiger partial charge < -0.3 is 15.6 Å². The number of benzene rings is 1. The van der Waals surface area contributed by atoms with Crippen LogP contribution in [-0.4, -0.2) is 28.9 Å². The van der Waals surface area contributed by atoms with E-state index in [1.807, 2.05) is 19.9 Å². The third-order valence-corrected chi connectivity index (χ3v) is 4.39. The molecule has 1 atom stereocenters. The summed E-state index contributed by atoms with van der Waals surface area (Å²) in [5.41, 5.74) is 1.91. The van der Waals surface area contributed by atoms with Gasteiger partial charge in [-0.2, -0.15) is 0 Å². The molecule has 2 aromatic rings. The Bertz CT molecular complexity index is 768. The summed E-state index contributed by atoms with van der Waals surface area (Å²) in [5, 5.41) is 7.23. The molecule has 2 heterocycles. The van der Waals surface area contributed by atoms with Gasteiger partial charge >= 0.3 is 0 Å². The van der Waals surface area contributed by atoms with E-state index in [4.69, 9.17) is 11.6 Å². The average molecular weight is 320 g/mol. The van der Waals surface area contributed by atoms with Crippen molar-refractivity contribution in [2.24, 2.45) is 0 Å². The molecule has 1 aliphatic heterocycles. The highest BCUT2D eigenvalue weighted by Crippen LogP contribution is 2.25. The van der Waals surface area contributed by atoms with Crippen LogP contribution in [0.2, 0.25) is 5.02 Å². The summed E-state index contributed by atoms with van der Waals surface area (Å²) in [6.45, 7) is 4.21. The van der Waals surface area contributed by atoms with Crippen LogP contribution in [0.4, 0.5) is 0 Å². The predicted octanol–water partition coefficient (Wildman–Crippen LogP) is 2.53. The van der Waals surface area contributed by atoms with E-state index < -0.39 is 0 Å². The number of aromatic nitrogens is 1. The van der Waals surface area contributed by atoms with Gasteiger partial charge in [-0.05, 0) is 38.5 Å². The predicted molar refractivity (Wildman–Crippen MR) is 86.2 cm³/mol. The molecule has 0 bridgehead atoms. The fourth-order valence-corrected chi connectivity index (χ4v) is 3.11. The summed E-state index contributed by atoms with van der Waals surface area (Å²) in [4.78, 5) is 27.1. The quantitative estimate of drug-likeness (QED) is 0.813. The van der Waals surface area contributed by atoms with Gasteiger partial charge in [-0.3, -0.25) is 9.59 Å². The van der Waals surface area contributed by atoms with Crippen molar-refractivity contribution in [3.8, 4) is 0 Å². The number of aryl methyl sites for hydroxylation is 1. The number of carbonyl (C=O) groups is 2. The van der Waals surface area contributed by atoms with Crippen molar-refractivity contribution in [3.05, 3.63) is 34.5 Å². The minimum Gasteiger partial charge on any atom is -0.358 e. The molecule has 2 amide bonds. The molecule has 22 heavy (non-hydrogen) atoms. The number of halogens is 1. The first-order valence-electron chi connectivity index (χ1n) is 7.25. The van der Waals surface area contributed by atoms with Crippen molar-refractivity contribution in [2.75, 3.05) is 6.54 Å². The van der Waals surface area contributed by atoms with E-state index >= 15 is 0 Å². The number of nitrogens with one attached hydrogen (secondary N) is 3. The lowest BCUT2D eigenvalue weighted by Gasteiger charge is -2.24. The summed E-state index contributed by atoms with van der Waals surface area (Å²) in [6.07, 6.45) is 1.24.